The maximum Gasteiger partial charge on any atom is 0.320 e. The number of hydrogen-bond donors (Lipinski definition) is 3. The van der Waals surface area contributed by atoms with Crippen molar-refractivity contribution in [3.63, 3.8) is 0 Å². The van der Waals surface area contributed by atoms with E-state index in [1.807, 2.05) is 0 Å². The molecule has 2 unspecified atom stereocenters. The van der Waals surface area contributed by atoms with Crippen molar-refractivity contribution >= 4 is 5.97 Å². The van der Waals surface area contributed by atoms with Crippen LogP contribution in [0.5, 0.6) is 0 Å². The van der Waals surface area contributed by atoms with E-state index in [1.165, 1.54) is 0 Å². The molecule has 2 atom stereocenters. The molecule has 0 aromatic heterocycles. The number of rotatable bonds is 6. The maximum atomic E-state index is 10.7. The van der Waals surface area contributed by atoms with E-state index in [2.05, 4.69) is 5.32 Å². The third-order valence-electron chi connectivity index (χ3n) is 2.29. The Morgan fingerprint density at radius 1 is 1.62 bits per heavy atom. The number of hydrogen-bond acceptors (Lipinski definition) is 3. The number of nitrogens with one attached hydrogen (secondary N) is 1. The summed E-state index contributed by atoms with van der Waals surface area (Å²) in [5, 5.41) is 20.7. The molecule has 4 heteroatoms. The second-order valence-corrected chi connectivity index (χ2v) is 3.75. The molecule has 0 heterocycles. The molecule has 1 saturated carbocycles. The molecule has 0 amide bonds. The zero-order valence-electron chi connectivity index (χ0n) is 7.86. The van der Waals surface area contributed by atoms with E-state index >= 15 is 0 Å². The van der Waals surface area contributed by atoms with Gasteiger partial charge in [0.05, 0.1) is 6.10 Å². The van der Waals surface area contributed by atoms with Crippen LogP contribution in [0.4, 0.5) is 0 Å². The quantitative estimate of drug-likeness (QED) is 0.556. The normalized spacial score (nSPS) is 21.1. The molecule has 4 nitrogen and oxygen atoms in total. The first kappa shape index (κ1) is 10.5. The fourth-order valence-corrected chi connectivity index (χ4v) is 1.33. The van der Waals surface area contributed by atoms with Crippen LogP contribution in [-0.4, -0.2) is 34.9 Å². The Morgan fingerprint density at radius 2 is 2.23 bits per heavy atom. The van der Waals surface area contributed by atoms with Crippen molar-refractivity contribution in [2.75, 3.05) is 6.54 Å². The molecule has 76 valence electrons. The van der Waals surface area contributed by atoms with Gasteiger partial charge in [0.25, 0.3) is 0 Å². The van der Waals surface area contributed by atoms with Crippen molar-refractivity contribution in [3.05, 3.63) is 0 Å². The van der Waals surface area contributed by atoms with Gasteiger partial charge in [-0.25, -0.2) is 0 Å². The maximum absolute atomic E-state index is 10.7. The standard InChI is InChI=1S/C9H17NO3/c1-6(11)4-5-10-8(9(12)13)7-2-3-7/h6-8,10-11H,2-5H2,1H3,(H,12,13). The molecule has 0 aromatic rings. The summed E-state index contributed by atoms with van der Waals surface area (Å²) in [7, 11) is 0. The van der Waals surface area contributed by atoms with E-state index in [-0.39, 0.29) is 6.10 Å². The van der Waals surface area contributed by atoms with Crippen LogP contribution < -0.4 is 5.32 Å². The first-order chi connectivity index (χ1) is 6.11. The van der Waals surface area contributed by atoms with Gasteiger partial charge >= 0.3 is 5.97 Å². The smallest absolute Gasteiger partial charge is 0.320 e. The number of aliphatic hydroxyl groups excluding tert-OH is 1. The Kier molecular flexibility index (Phi) is 3.69. The third kappa shape index (κ3) is 3.74. The summed E-state index contributed by atoms with van der Waals surface area (Å²) in [5.41, 5.74) is 0. The van der Waals surface area contributed by atoms with Gasteiger partial charge in [-0.1, -0.05) is 0 Å². The first-order valence-electron chi connectivity index (χ1n) is 4.75. The highest BCUT2D eigenvalue weighted by atomic mass is 16.4. The van der Waals surface area contributed by atoms with E-state index in [0.717, 1.165) is 12.8 Å². The molecular formula is C9H17NO3. The summed E-state index contributed by atoms with van der Waals surface area (Å²) < 4.78 is 0. The van der Waals surface area contributed by atoms with Gasteiger partial charge in [0, 0.05) is 0 Å². The second kappa shape index (κ2) is 4.58. The molecule has 0 aromatic carbocycles. The Bertz CT molecular complexity index is 178. The van der Waals surface area contributed by atoms with Crippen LogP contribution in [0.1, 0.15) is 26.2 Å². The van der Waals surface area contributed by atoms with Crippen LogP contribution in [0.15, 0.2) is 0 Å². The van der Waals surface area contributed by atoms with Crippen LogP contribution in [-0.2, 0) is 4.79 Å². The molecule has 13 heavy (non-hydrogen) atoms. The summed E-state index contributed by atoms with van der Waals surface area (Å²) in [5.74, 6) is -0.459. The van der Waals surface area contributed by atoms with Crippen molar-refractivity contribution in [2.24, 2.45) is 5.92 Å². The number of carboxylic acids is 1. The Labute approximate surface area is 78.0 Å². The average molecular weight is 187 g/mol. The highest BCUT2D eigenvalue weighted by Crippen LogP contribution is 2.32. The number of carbonyl (C=O) groups is 1. The highest BCUT2D eigenvalue weighted by Gasteiger charge is 2.35. The zero-order valence-corrected chi connectivity index (χ0v) is 7.86. The van der Waals surface area contributed by atoms with Crippen LogP contribution in [0.3, 0.4) is 0 Å². The van der Waals surface area contributed by atoms with E-state index < -0.39 is 12.0 Å². The molecule has 1 fully saturated rings. The fraction of sp³-hybridized carbons (Fsp3) is 0.889. The van der Waals surface area contributed by atoms with E-state index in [4.69, 9.17) is 10.2 Å². The van der Waals surface area contributed by atoms with Gasteiger partial charge in [-0.15, -0.1) is 0 Å². The lowest BCUT2D eigenvalue weighted by atomic mass is 10.2. The van der Waals surface area contributed by atoms with Crippen LogP contribution in [0.2, 0.25) is 0 Å². The van der Waals surface area contributed by atoms with Crippen molar-refractivity contribution in [1.82, 2.24) is 5.32 Å². The lowest BCUT2D eigenvalue weighted by Gasteiger charge is -2.13. The summed E-state index contributed by atoms with van der Waals surface area (Å²) in [6, 6.07) is -0.404. The van der Waals surface area contributed by atoms with Crippen molar-refractivity contribution in [1.29, 1.82) is 0 Å². The lowest BCUT2D eigenvalue weighted by molar-refractivity contribution is -0.140. The van der Waals surface area contributed by atoms with Gasteiger partial charge in [0.2, 0.25) is 0 Å². The molecule has 0 bridgehead atoms. The molecule has 0 saturated heterocycles. The number of aliphatic carboxylic acids is 1. The molecule has 3 N–H and O–H groups in total. The van der Waals surface area contributed by atoms with Crippen molar-refractivity contribution in [2.45, 2.75) is 38.3 Å². The van der Waals surface area contributed by atoms with Crippen molar-refractivity contribution in [3.8, 4) is 0 Å². The Morgan fingerprint density at radius 3 is 2.62 bits per heavy atom. The van der Waals surface area contributed by atoms with Gasteiger partial charge in [0.15, 0.2) is 0 Å². The van der Waals surface area contributed by atoms with Gasteiger partial charge in [-0.3, -0.25) is 4.79 Å². The molecule has 1 aliphatic rings. The van der Waals surface area contributed by atoms with E-state index in [0.29, 0.717) is 18.9 Å². The fourth-order valence-electron chi connectivity index (χ4n) is 1.33. The van der Waals surface area contributed by atoms with E-state index in [9.17, 15) is 4.79 Å². The minimum Gasteiger partial charge on any atom is -0.480 e. The summed E-state index contributed by atoms with van der Waals surface area (Å²) in [4.78, 5) is 10.7. The monoisotopic (exact) mass is 187 g/mol. The van der Waals surface area contributed by atoms with Crippen molar-refractivity contribution < 1.29 is 15.0 Å². The number of carboxylic acid groups (broad SMARTS) is 1. The minimum atomic E-state index is -0.770. The highest BCUT2D eigenvalue weighted by molar-refractivity contribution is 5.74. The average Bonchev–Trinajstić information content (AvgIpc) is 2.79. The molecule has 1 aliphatic carbocycles. The van der Waals surface area contributed by atoms with Gasteiger partial charge < -0.3 is 15.5 Å². The second-order valence-electron chi connectivity index (χ2n) is 3.75. The van der Waals surface area contributed by atoms with Gasteiger partial charge in [0.1, 0.15) is 6.04 Å². The molecule has 0 aliphatic heterocycles. The predicted octanol–water partition coefficient (Wildman–Crippen LogP) is 0.210. The SMILES string of the molecule is CC(O)CCNC(C(=O)O)C1CC1. The summed E-state index contributed by atoms with van der Waals surface area (Å²) >= 11 is 0. The van der Waals surface area contributed by atoms with E-state index in [1.54, 1.807) is 6.92 Å². The lowest BCUT2D eigenvalue weighted by Crippen LogP contribution is -2.39. The topological polar surface area (TPSA) is 69.6 Å². The van der Waals surface area contributed by atoms with Crippen LogP contribution in [0.25, 0.3) is 0 Å². The first-order valence-corrected chi connectivity index (χ1v) is 4.75. The Balaban J connectivity index is 2.19. The number of aliphatic hydroxyl groups is 1. The largest absolute Gasteiger partial charge is 0.480 e. The third-order valence-corrected chi connectivity index (χ3v) is 2.29. The molecular weight excluding hydrogens is 170 g/mol. The summed E-state index contributed by atoms with van der Waals surface area (Å²) in [6.45, 7) is 2.28. The van der Waals surface area contributed by atoms with Gasteiger partial charge in [-0.2, -0.15) is 0 Å². The van der Waals surface area contributed by atoms with Crippen LogP contribution >= 0.6 is 0 Å². The minimum absolute atomic E-state index is 0.312. The van der Waals surface area contributed by atoms with Crippen LogP contribution in [0, 0.1) is 5.92 Å². The molecule has 0 spiro atoms. The molecule has 1 rings (SSSR count). The zero-order chi connectivity index (χ0) is 9.84. The Hall–Kier alpha value is -0.610. The predicted molar refractivity (Wildman–Crippen MR) is 48.4 cm³/mol. The summed E-state index contributed by atoms with van der Waals surface area (Å²) in [6.07, 6.45) is 2.27. The molecule has 0 radical (unpaired) electrons. The van der Waals surface area contributed by atoms with Gasteiger partial charge in [-0.05, 0) is 38.6 Å².